The fourth-order valence-corrected chi connectivity index (χ4v) is 3.77. The Morgan fingerprint density at radius 1 is 1.39 bits per heavy atom. The van der Waals surface area contributed by atoms with Gasteiger partial charge in [-0.15, -0.1) is 0 Å². The molecule has 3 rings (SSSR count). The van der Waals surface area contributed by atoms with E-state index in [0.29, 0.717) is 17.7 Å². The first-order chi connectivity index (χ1) is 15.8. The van der Waals surface area contributed by atoms with Crippen LogP contribution in [-0.4, -0.2) is 84.3 Å². The van der Waals surface area contributed by atoms with Gasteiger partial charge in [-0.1, -0.05) is 25.1 Å². The average Bonchev–Trinajstić information content (AvgIpc) is 2.81. The number of nitrogens with zero attached hydrogens (tertiary/aromatic N) is 3. The Kier molecular flexibility index (Phi) is 7.99. The maximum Gasteiger partial charge on any atom is 0.259 e. The highest BCUT2D eigenvalue weighted by atomic mass is 19.1. The van der Waals surface area contributed by atoms with Crippen molar-refractivity contribution < 1.29 is 28.6 Å². The Morgan fingerprint density at radius 2 is 2.12 bits per heavy atom. The molecule has 1 aliphatic rings. The van der Waals surface area contributed by atoms with Crippen LogP contribution in [0.3, 0.4) is 0 Å². The fraction of sp³-hybridized carbons (Fsp3) is 0.458. The van der Waals surface area contributed by atoms with Gasteiger partial charge in [0.2, 0.25) is 11.8 Å². The molecule has 1 N–H and O–H groups in total. The molecule has 1 aliphatic heterocycles. The lowest BCUT2D eigenvalue weighted by molar-refractivity contribution is -0.135. The number of pyridine rings is 1. The van der Waals surface area contributed by atoms with Gasteiger partial charge in [0.1, 0.15) is 24.1 Å². The lowest BCUT2D eigenvalue weighted by atomic mass is 9.99. The number of halogens is 1. The number of carbonyl (C=O) groups is 2. The van der Waals surface area contributed by atoms with E-state index in [1.54, 1.807) is 43.1 Å². The summed E-state index contributed by atoms with van der Waals surface area (Å²) in [4.78, 5) is 33.1. The Bertz CT molecular complexity index is 1000. The van der Waals surface area contributed by atoms with Crippen LogP contribution in [0.25, 0.3) is 11.1 Å². The van der Waals surface area contributed by atoms with E-state index in [9.17, 15) is 19.1 Å². The number of methoxy groups -OCH3 is 1. The molecule has 178 valence electrons. The minimum Gasteiger partial charge on any atom is -0.472 e. The number of benzene rings is 1. The normalized spacial score (nSPS) is 19.2. The first kappa shape index (κ1) is 24.6. The van der Waals surface area contributed by atoms with Crippen molar-refractivity contribution in [1.29, 1.82) is 0 Å². The van der Waals surface area contributed by atoms with Crippen LogP contribution in [0.2, 0.25) is 0 Å². The highest BCUT2D eigenvalue weighted by Gasteiger charge is 2.34. The third kappa shape index (κ3) is 5.48. The molecule has 0 saturated heterocycles. The summed E-state index contributed by atoms with van der Waals surface area (Å²) in [5.41, 5.74) is 0.941. The number of aliphatic hydroxyl groups is 1. The van der Waals surface area contributed by atoms with Crippen LogP contribution in [0.1, 0.15) is 24.2 Å². The van der Waals surface area contributed by atoms with Crippen LogP contribution in [0, 0.1) is 11.7 Å². The maximum absolute atomic E-state index is 14.4. The third-order valence-electron chi connectivity index (χ3n) is 5.85. The summed E-state index contributed by atoms with van der Waals surface area (Å²) in [5.74, 6) is -1.04. The molecule has 0 bridgehead atoms. The number of hydrogen-bond donors (Lipinski definition) is 1. The molecule has 3 atom stereocenters. The van der Waals surface area contributed by atoms with Crippen LogP contribution in [0.15, 0.2) is 36.5 Å². The number of carbonyl (C=O) groups excluding carboxylic acids is 2. The first-order valence-corrected chi connectivity index (χ1v) is 10.8. The van der Waals surface area contributed by atoms with E-state index in [1.807, 2.05) is 6.92 Å². The molecule has 2 heterocycles. The van der Waals surface area contributed by atoms with Crippen LogP contribution in [0.4, 0.5) is 4.39 Å². The topological polar surface area (TPSA) is 92.2 Å². The summed E-state index contributed by atoms with van der Waals surface area (Å²) in [6.45, 7) is 3.97. The Labute approximate surface area is 192 Å². The number of aliphatic hydroxyl groups excluding tert-OH is 1. The summed E-state index contributed by atoms with van der Waals surface area (Å²) in [6, 6.07) is 7.37. The number of ether oxygens (including phenoxy) is 2. The van der Waals surface area contributed by atoms with E-state index < -0.39 is 18.0 Å². The Hall–Kier alpha value is -3.04. The SMILES string of the molecule is COCC(=O)N(C)C[C@H]1Oc2ncc(-c3ccccc3F)cc2C(=O)N([C@H](C)CO)C[C@H]1C. The van der Waals surface area contributed by atoms with Gasteiger partial charge < -0.3 is 24.4 Å². The zero-order valence-electron chi connectivity index (χ0n) is 19.3. The molecule has 33 heavy (non-hydrogen) atoms. The quantitative estimate of drug-likeness (QED) is 0.683. The van der Waals surface area contributed by atoms with Gasteiger partial charge in [0, 0.05) is 43.9 Å². The van der Waals surface area contributed by atoms with Crippen molar-refractivity contribution >= 4 is 11.8 Å². The van der Waals surface area contributed by atoms with E-state index in [-0.39, 0.29) is 48.9 Å². The predicted octanol–water partition coefficient (Wildman–Crippen LogP) is 2.21. The lowest BCUT2D eigenvalue weighted by Gasteiger charge is -2.37. The van der Waals surface area contributed by atoms with Crippen molar-refractivity contribution in [2.75, 3.05) is 40.5 Å². The number of rotatable bonds is 7. The fourth-order valence-electron chi connectivity index (χ4n) is 3.77. The van der Waals surface area contributed by atoms with Crippen molar-refractivity contribution in [2.24, 2.45) is 5.92 Å². The summed E-state index contributed by atoms with van der Waals surface area (Å²) < 4.78 is 25.4. The minimum absolute atomic E-state index is 0.0510. The zero-order chi connectivity index (χ0) is 24.1. The van der Waals surface area contributed by atoms with Gasteiger partial charge in [-0.2, -0.15) is 0 Å². The number of hydrogen-bond acceptors (Lipinski definition) is 6. The van der Waals surface area contributed by atoms with E-state index >= 15 is 0 Å². The summed E-state index contributed by atoms with van der Waals surface area (Å²) in [6.07, 6.45) is 0.996. The summed E-state index contributed by atoms with van der Waals surface area (Å²) in [5, 5.41) is 9.76. The number of likely N-dealkylation sites (N-methyl/N-ethyl adjacent to an activating group) is 1. The molecular formula is C24H30FN3O5. The molecule has 0 spiro atoms. The molecule has 8 nitrogen and oxygen atoms in total. The van der Waals surface area contributed by atoms with Crippen LogP contribution in [-0.2, 0) is 9.53 Å². The predicted molar refractivity (Wildman–Crippen MR) is 120 cm³/mol. The third-order valence-corrected chi connectivity index (χ3v) is 5.85. The van der Waals surface area contributed by atoms with Gasteiger partial charge in [0.25, 0.3) is 5.91 Å². The largest absolute Gasteiger partial charge is 0.472 e. The van der Waals surface area contributed by atoms with Crippen LogP contribution >= 0.6 is 0 Å². The molecule has 0 fully saturated rings. The first-order valence-electron chi connectivity index (χ1n) is 10.8. The van der Waals surface area contributed by atoms with E-state index in [4.69, 9.17) is 9.47 Å². The number of fused-ring (bicyclic) bond motifs is 1. The molecule has 9 heteroatoms. The second-order valence-electron chi connectivity index (χ2n) is 8.39. The molecule has 2 amide bonds. The van der Waals surface area contributed by atoms with Crippen molar-refractivity contribution in [3.05, 3.63) is 47.9 Å². The van der Waals surface area contributed by atoms with E-state index in [0.717, 1.165) is 0 Å². The minimum atomic E-state index is -0.470. The van der Waals surface area contributed by atoms with Gasteiger partial charge in [-0.25, -0.2) is 9.37 Å². The molecule has 0 unspecified atom stereocenters. The van der Waals surface area contributed by atoms with Gasteiger partial charge in [-0.05, 0) is 19.1 Å². The second-order valence-corrected chi connectivity index (χ2v) is 8.39. The van der Waals surface area contributed by atoms with Gasteiger partial charge in [0.05, 0.1) is 19.2 Å². The number of amides is 2. The smallest absolute Gasteiger partial charge is 0.259 e. The average molecular weight is 460 g/mol. The van der Waals surface area contributed by atoms with Gasteiger partial charge >= 0.3 is 0 Å². The molecule has 1 aromatic carbocycles. The highest BCUT2D eigenvalue weighted by Crippen LogP contribution is 2.31. The molecule has 1 aromatic heterocycles. The number of aromatic nitrogens is 1. The second kappa shape index (κ2) is 10.7. The summed E-state index contributed by atoms with van der Waals surface area (Å²) in [7, 11) is 3.11. The highest BCUT2D eigenvalue weighted by molar-refractivity contribution is 5.98. The van der Waals surface area contributed by atoms with Crippen molar-refractivity contribution in [1.82, 2.24) is 14.8 Å². The van der Waals surface area contributed by atoms with E-state index in [2.05, 4.69) is 4.98 Å². The van der Waals surface area contributed by atoms with Gasteiger partial charge in [0.15, 0.2) is 0 Å². The Balaban J connectivity index is 2.02. The lowest BCUT2D eigenvalue weighted by Crippen LogP contribution is -2.50. The van der Waals surface area contributed by atoms with Crippen molar-refractivity contribution in [3.63, 3.8) is 0 Å². The van der Waals surface area contributed by atoms with Gasteiger partial charge in [-0.3, -0.25) is 9.59 Å². The van der Waals surface area contributed by atoms with Crippen LogP contribution in [0.5, 0.6) is 5.88 Å². The molecule has 0 saturated carbocycles. The van der Waals surface area contributed by atoms with Crippen LogP contribution < -0.4 is 4.74 Å². The van der Waals surface area contributed by atoms with Crippen molar-refractivity contribution in [3.8, 4) is 17.0 Å². The van der Waals surface area contributed by atoms with Crippen molar-refractivity contribution in [2.45, 2.75) is 26.0 Å². The molecular weight excluding hydrogens is 429 g/mol. The molecule has 2 aromatic rings. The molecule has 0 aliphatic carbocycles. The monoisotopic (exact) mass is 459 g/mol. The summed E-state index contributed by atoms with van der Waals surface area (Å²) >= 11 is 0. The molecule has 0 radical (unpaired) electrons. The maximum atomic E-state index is 14.4. The standard InChI is InChI=1S/C24H30FN3O5/c1-15-11-28(16(2)13-29)24(31)19-9-17(18-7-5-6-8-20(18)25)10-26-23(19)33-21(15)12-27(3)22(30)14-32-4/h5-10,15-16,21,29H,11-14H2,1-4H3/t15-,16-,21-/m1/s1. The zero-order valence-corrected chi connectivity index (χ0v) is 19.3. The van der Waals surface area contributed by atoms with E-state index in [1.165, 1.54) is 24.3 Å². The Morgan fingerprint density at radius 3 is 2.79 bits per heavy atom.